The number of benzene rings is 1. The lowest BCUT2D eigenvalue weighted by Gasteiger charge is -2.29. The number of hydrogen-bond donors (Lipinski definition) is 1. The summed E-state index contributed by atoms with van der Waals surface area (Å²) in [5.74, 6) is 2.03. The zero-order valence-corrected chi connectivity index (χ0v) is 22.7. The lowest BCUT2D eigenvalue weighted by atomic mass is 9.96. The second-order valence-corrected chi connectivity index (χ2v) is 10.2. The second kappa shape index (κ2) is 11.4. The highest BCUT2D eigenvalue weighted by molar-refractivity contribution is 5.98. The predicted octanol–water partition coefficient (Wildman–Crippen LogP) is 3.98. The van der Waals surface area contributed by atoms with Crippen molar-refractivity contribution in [1.29, 1.82) is 0 Å². The van der Waals surface area contributed by atoms with Crippen LogP contribution in [0.1, 0.15) is 65.9 Å². The first-order valence-corrected chi connectivity index (χ1v) is 13.4. The largest absolute Gasteiger partial charge is 0.496 e. The first-order chi connectivity index (χ1) is 18.8. The molecule has 3 aliphatic heterocycles. The third-order valence-corrected chi connectivity index (χ3v) is 7.46. The summed E-state index contributed by atoms with van der Waals surface area (Å²) in [5, 5.41) is 11.5. The van der Waals surface area contributed by atoms with Gasteiger partial charge < -0.3 is 29.0 Å². The van der Waals surface area contributed by atoms with Gasteiger partial charge in [0.25, 0.3) is 5.91 Å². The van der Waals surface area contributed by atoms with Crippen LogP contribution >= 0.6 is 0 Å². The maximum absolute atomic E-state index is 13.2. The molecular formula is C29H35N5O5. The number of ether oxygens (including phenoxy) is 3. The third kappa shape index (κ3) is 5.75. The molecule has 5 rings (SSSR count). The highest BCUT2D eigenvalue weighted by atomic mass is 16.6. The van der Waals surface area contributed by atoms with E-state index in [2.05, 4.69) is 33.6 Å². The molecule has 2 unspecified atom stereocenters. The van der Waals surface area contributed by atoms with Crippen LogP contribution in [0.2, 0.25) is 0 Å². The standard InChI is InChI=1S/C29H35N5O5/c1-18(27-32-31-26-9-8-20(3)34(26)27)6-5-7-19(2)30-28(35)24-14-22-16-33(12-10-21(22)15-25(24)37-4)29(36)39-23-11-13-38-17-23/h5-7,14-15,20,23H,2,8-13,16-17H2,1,3-4H3,(H,30,35)/b7-5-,18-6+. The number of nitrogens with zero attached hydrogens (tertiary/aromatic N) is 4. The van der Waals surface area contributed by atoms with Crippen LogP contribution in [0.3, 0.4) is 0 Å². The lowest BCUT2D eigenvalue weighted by molar-refractivity contribution is 0.0516. The minimum absolute atomic E-state index is 0.200. The Morgan fingerprint density at radius 1 is 1.21 bits per heavy atom. The fourth-order valence-corrected chi connectivity index (χ4v) is 5.24. The van der Waals surface area contributed by atoms with Gasteiger partial charge in [-0.15, -0.1) is 10.2 Å². The number of hydrogen-bond acceptors (Lipinski definition) is 7. The van der Waals surface area contributed by atoms with Crippen LogP contribution in [0.15, 0.2) is 42.6 Å². The fourth-order valence-electron chi connectivity index (χ4n) is 5.24. The summed E-state index contributed by atoms with van der Waals surface area (Å²) in [6.07, 6.45) is 8.35. The van der Waals surface area contributed by atoms with E-state index in [1.54, 1.807) is 24.2 Å². The minimum atomic E-state index is -0.356. The van der Waals surface area contributed by atoms with E-state index < -0.39 is 0 Å². The number of carbonyl (C=O) groups is 2. The number of aromatic nitrogens is 3. The van der Waals surface area contributed by atoms with Crippen molar-refractivity contribution in [2.75, 3.05) is 26.9 Å². The van der Waals surface area contributed by atoms with Crippen LogP contribution in [0.5, 0.6) is 5.75 Å². The topological polar surface area (TPSA) is 108 Å². The Morgan fingerprint density at radius 3 is 2.82 bits per heavy atom. The normalized spacial score (nSPS) is 20.6. The summed E-state index contributed by atoms with van der Waals surface area (Å²) >= 11 is 0. The molecule has 0 aliphatic carbocycles. The van der Waals surface area contributed by atoms with Gasteiger partial charge in [-0.25, -0.2) is 4.79 Å². The Hall–Kier alpha value is -3.92. The van der Waals surface area contributed by atoms with Crippen LogP contribution in [-0.2, 0) is 28.9 Å². The van der Waals surface area contributed by atoms with Crippen LogP contribution in [-0.4, -0.2) is 64.6 Å². The van der Waals surface area contributed by atoms with Gasteiger partial charge in [0.2, 0.25) is 0 Å². The van der Waals surface area contributed by atoms with Gasteiger partial charge in [-0.3, -0.25) is 4.79 Å². The van der Waals surface area contributed by atoms with Gasteiger partial charge in [-0.05, 0) is 61.6 Å². The van der Waals surface area contributed by atoms with Gasteiger partial charge in [0.1, 0.15) is 17.7 Å². The molecule has 0 radical (unpaired) electrons. The van der Waals surface area contributed by atoms with Gasteiger partial charge in [0.05, 0.1) is 25.9 Å². The van der Waals surface area contributed by atoms with Crippen molar-refractivity contribution in [3.63, 3.8) is 0 Å². The predicted molar refractivity (Wildman–Crippen MR) is 145 cm³/mol. The van der Waals surface area contributed by atoms with Crippen LogP contribution in [0, 0.1) is 0 Å². The zero-order chi connectivity index (χ0) is 27.5. The number of fused-ring (bicyclic) bond motifs is 2. The second-order valence-electron chi connectivity index (χ2n) is 10.2. The lowest BCUT2D eigenvalue weighted by Crippen LogP contribution is -2.38. The molecule has 1 aromatic heterocycles. The van der Waals surface area contributed by atoms with Gasteiger partial charge in [-0.1, -0.05) is 18.7 Å². The molecule has 4 heterocycles. The number of aryl methyl sites for hydroxylation is 1. The van der Waals surface area contributed by atoms with Crippen LogP contribution in [0.25, 0.3) is 5.57 Å². The van der Waals surface area contributed by atoms with E-state index in [1.807, 2.05) is 25.1 Å². The summed E-state index contributed by atoms with van der Waals surface area (Å²) < 4.78 is 18.6. The molecule has 1 N–H and O–H groups in total. The molecule has 10 nitrogen and oxygen atoms in total. The van der Waals surface area contributed by atoms with Crippen molar-refractivity contribution in [1.82, 2.24) is 25.0 Å². The first-order valence-electron chi connectivity index (χ1n) is 13.4. The third-order valence-electron chi connectivity index (χ3n) is 7.46. The van der Waals surface area contributed by atoms with Gasteiger partial charge in [0.15, 0.2) is 5.82 Å². The Labute approximate surface area is 228 Å². The molecule has 206 valence electrons. The Balaban J connectivity index is 1.23. The number of allylic oxidation sites excluding steroid dienone is 4. The zero-order valence-electron chi connectivity index (χ0n) is 22.7. The Bertz CT molecular complexity index is 1340. The molecule has 2 aromatic rings. The number of rotatable bonds is 7. The molecule has 3 aliphatic rings. The van der Waals surface area contributed by atoms with E-state index in [0.717, 1.165) is 41.2 Å². The monoisotopic (exact) mass is 533 g/mol. The van der Waals surface area contributed by atoms with Gasteiger partial charge in [0, 0.05) is 37.7 Å². The maximum Gasteiger partial charge on any atom is 0.410 e. The summed E-state index contributed by atoms with van der Waals surface area (Å²) in [5.41, 5.74) is 3.74. The molecule has 0 bridgehead atoms. The molecule has 0 spiro atoms. The first kappa shape index (κ1) is 26.7. The summed E-state index contributed by atoms with van der Waals surface area (Å²) in [4.78, 5) is 27.5. The SMILES string of the molecule is C=C(/C=C\C=C(/C)c1nnc2n1C(C)CC2)NC(=O)c1cc2c(cc1OC)CCN(C(=O)OC1CCOC1)C2. The molecule has 10 heteroatoms. The molecule has 2 atom stereocenters. The average Bonchev–Trinajstić information content (AvgIpc) is 3.67. The summed E-state index contributed by atoms with van der Waals surface area (Å²) in [6.45, 7) is 10.1. The van der Waals surface area contributed by atoms with E-state index >= 15 is 0 Å². The van der Waals surface area contributed by atoms with Gasteiger partial charge >= 0.3 is 6.09 Å². The van der Waals surface area contributed by atoms with Crippen molar-refractivity contribution in [2.45, 2.75) is 58.2 Å². The van der Waals surface area contributed by atoms with E-state index in [-0.39, 0.29) is 18.1 Å². The minimum Gasteiger partial charge on any atom is -0.496 e. The van der Waals surface area contributed by atoms with Gasteiger partial charge in [-0.2, -0.15) is 0 Å². The van der Waals surface area contributed by atoms with E-state index in [1.165, 1.54) is 0 Å². The Morgan fingerprint density at radius 2 is 2.05 bits per heavy atom. The average molecular weight is 534 g/mol. The van der Waals surface area contributed by atoms with Crippen molar-refractivity contribution in [3.05, 3.63) is 71.0 Å². The number of methoxy groups -OCH3 is 1. The van der Waals surface area contributed by atoms with Crippen molar-refractivity contribution in [3.8, 4) is 5.75 Å². The maximum atomic E-state index is 13.2. The molecule has 1 fully saturated rings. The quantitative estimate of drug-likeness (QED) is 0.537. The van der Waals surface area contributed by atoms with Crippen LogP contribution in [0.4, 0.5) is 4.79 Å². The number of carbonyl (C=O) groups excluding carboxylic acids is 2. The van der Waals surface area contributed by atoms with E-state index in [0.29, 0.717) is 62.2 Å². The summed E-state index contributed by atoms with van der Waals surface area (Å²) in [7, 11) is 1.54. The van der Waals surface area contributed by atoms with Crippen molar-refractivity contribution < 1.29 is 23.8 Å². The van der Waals surface area contributed by atoms with E-state index in [4.69, 9.17) is 14.2 Å². The molecular weight excluding hydrogens is 498 g/mol. The Kier molecular flexibility index (Phi) is 7.83. The van der Waals surface area contributed by atoms with E-state index in [9.17, 15) is 9.59 Å². The smallest absolute Gasteiger partial charge is 0.410 e. The molecule has 39 heavy (non-hydrogen) atoms. The number of nitrogens with one attached hydrogen (secondary N) is 1. The van der Waals surface area contributed by atoms with Crippen molar-refractivity contribution >= 4 is 17.6 Å². The highest BCUT2D eigenvalue weighted by Gasteiger charge is 2.28. The van der Waals surface area contributed by atoms with Crippen molar-refractivity contribution in [2.24, 2.45) is 0 Å². The fraction of sp³-hybridized carbons (Fsp3) is 0.448. The molecule has 1 aromatic carbocycles. The molecule has 0 saturated carbocycles. The summed E-state index contributed by atoms with van der Waals surface area (Å²) in [6, 6.07) is 4.05. The molecule has 2 amide bonds. The number of amides is 2. The molecule has 1 saturated heterocycles. The highest BCUT2D eigenvalue weighted by Crippen LogP contribution is 2.30. The van der Waals surface area contributed by atoms with Crippen LogP contribution < -0.4 is 10.1 Å².